The molecule has 1 heterocycles. The molecule has 0 saturated heterocycles. The summed E-state index contributed by atoms with van der Waals surface area (Å²) in [5.74, 6) is -1.34. The third kappa shape index (κ3) is 8.77. The number of esters is 2. The summed E-state index contributed by atoms with van der Waals surface area (Å²) >= 11 is 0. The maximum atomic E-state index is 13.3. The summed E-state index contributed by atoms with van der Waals surface area (Å²) in [7, 11) is 1.42. The van der Waals surface area contributed by atoms with E-state index >= 15 is 0 Å². The highest BCUT2D eigenvalue weighted by molar-refractivity contribution is 5.99. The molecule has 3 atom stereocenters. The second-order valence-corrected chi connectivity index (χ2v) is 9.35. The minimum Gasteiger partial charge on any atom is -0.493 e. The average Bonchev–Trinajstić information content (AvgIpc) is 2.85. The van der Waals surface area contributed by atoms with Gasteiger partial charge in [0.25, 0.3) is 0 Å². The van der Waals surface area contributed by atoms with E-state index in [9.17, 15) is 14.4 Å². The quantitative estimate of drug-likeness (QED) is 0.198. The largest absolute Gasteiger partial charge is 0.493 e. The van der Waals surface area contributed by atoms with Crippen LogP contribution in [0.5, 0.6) is 17.2 Å². The zero-order chi connectivity index (χ0) is 27.5. The fourth-order valence-corrected chi connectivity index (χ4v) is 3.76. The van der Waals surface area contributed by atoms with Gasteiger partial charge in [0.05, 0.1) is 13.0 Å². The predicted octanol–water partition coefficient (Wildman–Crippen LogP) is 4.87. The lowest BCUT2D eigenvalue weighted by Gasteiger charge is -2.30. The van der Waals surface area contributed by atoms with Gasteiger partial charge in [0.1, 0.15) is 18.0 Å². The van der Waals surface area contributed by atoms with Crippen molar-refractivity contribution in [3.63, 3.8) is 0 Å². The Morgan fingerprint density at radius 3 is 2.19 bits per heavy atom. The zero-order valence-electron chi connectivity index (χ0n) is 22.6. The monoisotopic (exact) mass is 515 g/mol. The lowest BCUT2D eigenvalue weighted by Crippen LogP contribution is -2.39. The third-order valence-electron chi connectivity index (χ3n) is 5.77. The van der Waals surface area contributed by atoms with Crippen LogP contribution < -0.4 is 14.2 Å². The lowest BCUT2D eigenvalue weighted by molar-refractivity contribution is -0.160. The molecular formula is C28H37NO8. The first-order valence-corrected chi connectivity index (χ1v) is 12.3. The SMILES string of the molecule is COc1ccnc(C(=O)C[C@H](C(=O)O[C@@H](C)[C@H](Oc2ccccc2)C(C)C)C(C)C)c1OCOC(C)=O. The molecule has 1 aromatic carbocycles. The Bertz CT molecular complexity index is 1040. The summed E-state index contributed by atoms with van der Waals surface area (Å²) in [4.78, 5) is 41.8. The molecule has 1 aromatic heterocycles. The molecule has 0 aliphatic carbocycles. The van der Waals surface area contributed by atoms with E-state index in [1.165, 1.54) is 26.3 Å². The van der Waals surface area contributed by atoms with E-state index in [1.807, 2.05) is 58.0 Å². The Kier molecular flexibility index (Phi) is 11.4. The number of hydrogen-bond acceptors (Lipinski definition) is 9. The second kappa shape index (κ2) is 14.2. The van der Waals surface area contributed by atoms with Crippen molar-refractivity contribution in [2.45, 2.75) is 60.2 Å². The molecule has 0 fully saturated rings. The molecule has 0 saturated carbocycles. The van der Waals surface area contributed by atoms with E-state index < -0.39 is 36.5 Å². The number of Topliss-reactive ketones (excluding diaryl/α,β-unsaturated/α-hetero) is 1. The first-order valence-electron chi connectivity index (χ1n) is 12.3. The van der Waals surface area contributed by atoms with Gasteiger partial charge in [-0.15, -0.1) is 0 Å². The van der Waals surface area contributed by atoms with Gasteiger partial charge in [0.15, 0.2) is 23.0 Å². The van der Waals surface area contributed by atoms with Gasteiger partial charge in [-0.2, -0.15) is 0 Å². The molecule has 0 bridgehead atoms. The van der Waals surface area contributed by atoms with Gasteiger partial charge in [0.2, 0.25) is 6.79 Å². The van der Waals surface area contributed by atoms with Gasteiger partial charge in [-0.25, -0.2) is 4.98 Å². The fraction of sp³-hybridized carbons (Fsp3) is 0.500. The number of ketones is 1. The van der Waals surface area contributed by atoms with Crippen LogP contribution in [0.4, 0.5) is 0 Å². The minimum atomic E-state index is -0.728. The molecule has 37 heavy (non-hydrogen) atoms. The molecule has 0 amide bonds. The second-order valence-electron chi connectivity index (χ2n) is 9.35. The number of carbonyl (C=O) groups is 3. The molecule has 0 radical (unpaired) electrons. The van der Waals surface area contributed by atoms with Crippen molar-refractivity contribution < 1.29 is 38.1 Å². The van der Waals surface area contributed by atoms with Crippen molar-refractivity contribution in [3.8, 4) is 17.2 Å². The highest BCUT2D eigenvalue weighted by atomic mass is 16.7. The number of pyridine rings is 1. The topological polar surface area (TPSA) is 110 Å². The van der Waals surface area contributed by atoms with Crippen molar-refractivity contribution in [2.24, 2.45) is 17.8 Å². The van der Waals surface area contributed by atoms with Crippen LogP contribution in [0.3, 0.4) is 0 Å². The number of aromatic nitrogens is 1. The van der Waals surface area contributed by atoms with Crippen molar-refractivity contribution in [1.82, 2.24) is 4.98 Å². The Balaban J connectivity index is 2.18. The van der Waals surface area contributed by atoms with Crippen LogP contribution in [0.25, 0.3) is 0 Å². The van der Waals surface area contributed by atoms with Crippen LogP contribution in [0.1, 0.15) is 58.5 Å². The number of rotatable bonds is 14. The molecule has 0 spiro atoms. The lowest BCUT2D eigenvalue weighted by atomic mass is 9.89. The van der Waals surface area contributed by atoms with Crippen LogP contribution in [0.15, 0.2) is 42.6 Å². The molecule has 0 N–H and O–H groups in total. The van der Waals surface area contributed by atoms with Crippen LogP contribution >= 0.6 is 0 Å². The number of hydrogen-bond donors (Lipinski definition) is 0. The number of carbonyl (C=O) groups excluding carboxylic acids is 3. The standard InChI is InChI=1S/C28H37NO8/c1-17(2)22(28(32)36-19(5)26(18(3)4)37-21-11-9-8-10-12-21)15-23(31)25-27(35-16-34-20(6)30)24(33-7)13-14-29-25/h8-14,17-19,22,26H,15-16H2,1-7H3/t19-,22-,26+/m0/s1. The number of nitrogens with zero attached hydrogens (tertiary/aromatic N) is 1. The van der Waals surface area contributed by atoms with E-state index in [4.69, 9.17) is 23.7 Å². The normalized spacial score (nSPS) is 13.4. The zero-order valence-corrected chi connectivity index (χ0v) is 22.6. The van der Waals surface area contributed by atoms with Crippen LogP contribution in [-0.4, -0.2) is 48.8 Å². The average molecular weight is 516 g/mol. The third-order valence-corrected chi connectivity index (χ3v) is 5.77. The molecule has 9 heteroatoms. The molecular weight excluding hydrogens is 478 g/mol. The first-order chi connectivity index (χ1) is 17.5. The fourth-order valence-electron chi connectivity index (χ4n) is 3.76. The maximum Gasteiger partial charge on any atom is 0.310 e. The Morgan fingerprint density at radius 1 is 0.946 bits per heavy atom. The summed E-state index contributed by atoms with van der Waals surface area (Å²) in [6, 6.07) is 10.9. The minimum absolute atomic E-state index is 0.0227. The summed E-state index contributed by atoms with van der Waals surface area (Å²) in [6.45, 7) is 10.3. The summed E-state index contributed by atoms with van der Waals surface area (Å²) < 4.78 is 27.5. The van der Waals surface area contributed by atoms with Gasteiger partial charge >= 0.3 is 11.9 Å². The maximum absolute atomic E-state index is 13.3. The van der Waals surface area contributed by atoms with Gasteiger partial charge in [0, 0.05) is 25.6 Å². The molecule has 9 nitrogen and oxygen atoms in total. The summed E-state index contributed by atoms with van der Waals surface area (Å²) in [5, 5.41) is 0. The summed E-state index contributed by atoms with van der Waals surface area (Å²) in [5.41, 5.74) is -0.0227. The number of ether oxygens (including phenoxy) is 5. The van der Waals surface area contributed by atoms with Crippen molar-refractivity contribution in [1.29, 1.82) is 0 Å². The first kappa shape index (κ1) is 29.6. The molecule has 2 aromatic rings. The number of benzene rings is 1. The van der Waals surface area contributed by atoms with Crippen LogP contribution in [0.2, 0.25) is 0 Å². The van der Waals surface area contributed by atoms with Crippen molar-refractivity contribution >= 4 is 17.7 Å². The van der Waals surface area contributed by atoms with Gasteiger partial charge in [-0.1, -0.05) is 45.9 Å². The Labute approximate surface area is 218 Å². The molecule has 2 rings (SSSR count). The number of methoxy groups -OCH3 is 1. The van der Waals surface area contributed by atoms with Crippen molar-refractivity contribution in [3.05, 3.63) is 48.3 Å². The highest BCUT2D eigenvalue weighted by Gasteiger charge is 2.33. The van der Waals surface area contributed by atoms with E-state index in [0.29, 0.717) is 5.75 Å². The molecule has 0 aliphatic heterocycles. The summed E-state index contributed by atoms with van der Waals surface area (Å²) in [6.07, 6.45) is 0.320. The Hall–Kier alpha value is -3.62. The Morgan fingerprint density at radius 2 is 1.62 bits per heavy atom. The van der Waals surface area contributed by atoms with E-state index in [-0.39, 0.29) is 41.6 Å². The van der Waals surface area contributed by atoms with Crippen LogP contribution in [0, 0.1) is 17.8 Å². The number of para-hydroxylation sites is 1. The van der Waals surface area contributed by atoms with Gasteiger partial charge < -0.3 is 23.7 Å². The van der Waals surface area contributed by atoms with Crippen molar-refractivity contribution in [2.75, 3.05) is 13.9 Å². The predicted molar refractivity (Wildman–Crippen MR) is 137 cm³/mol. The van der Waals surface area contributed by atoms with Gasteiger partial charge in [-0.05, 0) is 30.9 Å². The van der Waals surface area contributed by atoms with E-state index in [2.05, 4.69) is 4.98 Å². The van der Waals surface area contributed by atoms with Crippen LogP contribution in [-0.2, 0) is 19.1 Å². The molecule has 0 unspecified atom stereocenters. The molecule has 0 aliphatic rings. The smallest absolute Gasteiger partial charge is 0.310 e. The molecule has 202 valence electrons. The highest BCUT2D eigenvalue weighted by Crippen LogP contribution is 2.32. The van der Waals surface area contributed by atoms with E-state index in [1.54, 1.807) is 6.92 Å². The van der Waals surface area contributed by atoms with Gasteiger partial charge in [-0.3, -0.25) is 14.4 Å². The van der Waals surface area contributed by atoms with E-state index in [0.717, 1.165) is 0 Å².